The van der Waals surface area contributed by atoms with Gasteiger partial charge in [-0.15, -0.1) is 0 Å². The Balaban J connectivity index is 2.14. The number of nitrogens with zero attached hydrogens (tertiary/aromatic N) is 1. The van der Waals surface area contributed by atoms with Crippen LogP contribution in [0.4, 0.5) is 11.4 Å². The number of benzene rings is 1. The van der Waals surface area contributed by atoms with E-state index in [0.717, 1.165) is 19.3 Å². The molecule has 0 radical (unpaired) electrons. The fourth-order valence-electron chi connectivity index (χ4n) is 2.12. The second-order valence-corrected chi connectivity index (χ2v) is 4.89. The number of nitrogens with one attached hydrogen (secondary N) is 1. The molecule has 0 amide bonds. The maximum absolute atomic E-state index is 11.0. The van der Waals surface area contributed by atoms with Crippen LogP contribution in [0, 0.1) is 10.1 Å². The van der Waals surface area contributed by atoms with Gasteiger partial charge in [0, 0.05) is 13.7 Å². The van der Waals surface area contributed by atoms with Crippen LogP contribution in [0.25, 0.3) is 0 Å². The van der Waals surface area contributed by atoms with Gasteiger partial charge in [0.25, 0.3) is 0 Å². The standard InChI is InChI=1S/C12H15ClN2O3/c1-18-12(6-3-7-12)8-14-10-5-2-4-9(13)11(10)15(16)17/h2,4-5,14H,3,6-8H2,1H3. The number of rotatable bonds is 5. The summed E-state index contributed by atoms with van der Waals surface area (Å²) >= 11 is 5.84. The quantitative estimate of drug-likeness (QED) is 0.659. The molecule has 1 aromatic rings. The summed E-state index contributed by atoms with van der Waals surface area (Å²) in [7, 11) is 1.67. The van der Waals surface area contributed by atoms with Gasteiger partial charge in [-0.05, 0) is 31.4 Å². The molecule has 0 saturated heterocycles. The molecule has 2 rings (SSSR count). The summed E-state index contributed by atoms with van der Waals surface area (Å²) in [6.07, 6.45) is 3.09. The number of halogens is 1. The molecule has 0 atom stereocenters. The minimum Gasteiger partial charge on any atom is -0.377 e. The third kappa shape index (κ3) is 2.42. The lowest BCUT2D eigenvalue weighted by Gasteiger charge is -2.40. The van der Waals surface area contributed by atoms with Crippen molar-refractivity contribution in [3.05, 3.63) is 33.3 Å². The first kappa shape index (κ1) is 13.1. The Labute approximate surface area is 110 Å². The fourth-order valence-corrected chi connectivity index (χ4v) is 2.37. The first-order chi connectivity index (χ1) is 8.58. The van der Waals surface area contributed by atoms with E-state index in [1.54, 1.807) is 19.2 Å². The number of para-hydroxylation sites is 1. The zero-order valence-corrected chi connectivity index (χ0v) is 10.9. The molecule has 18 heavy (non-hydrogen) atoms. The zero-order chi connectivity index (χ0) is 13.2. The van der Waals surface area contributed by atoms with E-state index in [0.29, 0.717) is 12.2 Å². The first-order valence-corrected chi connectivity index (χ1v) is 6.18. The summed E-state index contributed by atoms with van der Waals surface area (Å²) in [5, 5.41) is 14.2. The third-order valence-electron chi connectivity index (χ3n) is 3.47. The number of ether oxygens (including phenoxy) is 1. The van der Waals surface area contributed by atoms with Crippen LogP contribution in [0.15, 0.2) is 18.2 Å². The van der Waals surface area contributed by atoms with Crippen LogP contribution in [0.5, 0.6) is 0 Å². The summed E-state index contributed by atoms with van der Waals surface area (Å²) < 4.78 is 5.46. The molecule has 1 saturated carbocycles. The van der Waals surface area contributed by atoms with Gasteiger partial charge in [-0.2, -0.15) is 0 Å². The maximum atomic E-state index is 11.0. The molecule has 1 aromatic carbocycles. The van der Waals surface area contributed by atoms with Crippen molar-refractivity contribution in [1.82, 2.24) is 0 Å². The number of nitro groups is 1. The van der Waals surface area contributed by atoms with Gasteiger partial charge in [0.2, 0.25) is 0 Å². The highest BCUT2D eigenvalue weighted by Gasteiger charge is 2.37. The van der Waals surface area contributed by atoms with E-state index in [9.17, 15) is 10.1 Å². The van der Waals surface area contributed by atoms with E-state index in [4.69, 9.17) is 16.3 Å². The minimum absolute atomic E-state index is 0.0789. The van der Waals surface area contributed by atoms with E-state index < -0.39 is 4.92 Å². The monoisotopic (exact) mass is 270 g/mol. The maximum Gasteiger partial charge on any atom is 0.310 e. The number of nitro benzene ring substituents is 1. The SMILES string of the molecule is COC1(CNc2cccc(Cl)c2[N+](=O)[O-])CCC1. The van der Waals surface area contributed by atoms with Crippen LogP contribution >= 0.6 is 11.6 Å². The van der Waals surface area contributed by atoms with E-state index >= 15 is 0 Å². The van der Waals surface area contributed by atoms with Crippen molar-refractivity contribution < 1.29 is 9.66 Å². The van der Waals surface area contributed by atoms with Gasteiger partial charge in [0.15, 0.2) is 0 Å². The molecule has 0 aliphatic heterocycles. The van der Waals surface area contributed by atoms with Gasteiger partial charge in [-0.25, -0.2) is 0 Å². The van der Waals surface area contributed by atoms with Crippen molar-refractivity contribution in [1.29, 1.82) is 0 Å². The molecule has 0 heterocycles. The second-order valence-electron chi connectivity index (χ2n) is 4.49. The van der Waals surface area contributed by atoms with Crippen molar-refractivity contribution >= 4 is 23.0 Å². The molecule has 0 aromatic heterocycles. The summed E-state index contributed by atoms with van der Waals surface area (Å²) in [6, 6.07) is 4.87. The molecule has 6 heteroatoms. The van der Waals surface area contributed by atoms with E-state index in [1.807, 2.05) is 0 Å². The average molecular weight is 271 g/mol. The van der Waals surface area contributed by atoms with Gasteiger partial charge in [-0.3, -0.25) is 10.1 Å². The normalized spacial score (nSPS) is 17.0. The molecule has 0 unspecified atom stereocenters. The lowest BCUT2D eigenvalue weighted by Crippen LogP contribution is -2.45. The number of hydrogen-bond donors (Lipinski definition) is 1. The first-order valence-electron chi connectivity index (χ1n) is 5.80. The number of methoxy groups -OCH3 is 1. The van der Waals surface area contributed by atoms with Gasteiger partial charge < -0.3 is 10.1 Å². The third-order valence-corrected chi connectivity index (χ3v) is 3.77. The van der Waals surface area contributed by atoms with Gasteiger partial charge >= 0.3 is 5.69 Å². The largest absolute Gasteiger partial charge is 0.377 e. The van der Waals surface area contributed by atoms with Crippen molar-refractivity contribution in [3.8, 4) is 0 Å². The van der Waals surface area contributed by atoms with Crippen LogP contribution in [0.2, 0.25) is 5.02 Å². The number of hydrogen-bond acceptors (Lipinski definition) is 4. The molecular formula is C12H15ClN2O3. The number of anilines is 1. The summed E-state index contributed by atoms with van der Waals surface area (Å²) in [6.45, 7) is 0.560. The fraction of sp³-hybridized carbons (Fsp3) is 0.500. The van der Waals surface area contributed by atoms with Crippen molar-refractivity contribution in [2.75, 3.05) is 19.0 Å². The van der Waals surface area contributed by atoms with Crippen molar-refractivity contribution in [2.45, 2.75) is 24.9 Å². The summed E-state index contributed by atoms with van der Waals surface area (Å²) in [5.41, 5.74) is 0.177. The van der Waals surface area contributed by atoms with Crippen LogP contribution < -0.4 is 5.32 Å². The lowest BCUT2D eigenvalue weighted by atomic mass is 9.80. The summed E-state index contributed by atoms with van der Waals surface area (Å²) in [5.74, 6) is 0. The van der Waals surface area contributed by atoms with E-state index in [2.05, 4.69) is 5.32 Å². The molecule has 1 N–H and O–H groups in total. The highest BCUT2D eigenvalue weighted by molar-refractivity contribution is 6.33. The topological polar surface area (TPSA) is 64.4 Å². The molecule has 98 valence electrons. The Hall–Kier alpha value is -1.33. The zero-order valence-electron chi connectivity index (χ0n) is 10.1. The highest BCUT2D eigenvalue weighted by Crippen LogP contribution is 2.37. The molecule has 1 aliphatic carbocycles. The Morgan fingerprint density at radius 3 is 2.78 bits per heavy atom. The Bertz CT molecular complexity index is 455. The molecule has 1 aliphatic rings. The second kappa shape index (κ2) is 5.12. The van der Waals surface area contributed by atoms with E-state index in [-0.39, 0.29) is 16.3 Å². The van der Waals surface area contributed by atoms with Crippen LogP contribution in [-0.4, -0.2) is 24.2 Å². The molecular weight excluding hydrogens is 256 g/mol. The van der Waals surface area contributed by atoms with Gasteiger partial charge in [0.05, 0.1) is 10.5 Å². The smallest absolute Gasteiger partial charge is 0.310 e. The minimum atomic E-state index is -0.467. The average Bonchev–Trinajstić information content (AvgIpc) is 2.27. The van der Waals surface area contributed by atoms with Crippen LogP contribution in [-0.2, 0) is 4.74 Å². The van der Waals surface area contributed by atoms with Gasteiger partial charge in [-0.1, -0.05) is 17.7 Å². The molecule has 5 nitrogen and oxygen atoms in total. The Kier molecular flexibility index (Phi) is 3.73. The van der Waals surface area contributed by atoms with Crippen molar-refractivity contribution in [3.63, 3.8) is 0 Å². The molecule has 0 bridgehead atoms. The molecule has 0 spiro atoms. The Morgan fingerprint density at radius 1 is 1.56 bits per heavy atom. The summed E-state index contributed by atoms with van der Waals surface area (Å²) in [4.78, 5) is 10.5. The van der Waals surface area contributed by atoms with Crippen molar-refractivity contribution in [2.24, 2.45) is 0 Å². The Morgan fingerprint density at radius 2 is 2.28 bits per heavy atom. The van der Waals surface area contributed by atoms with Gasteiger partial charge in [0.1, 0.15) is 10.7 Å². The molecule has 1 fully saturated rings. The lowest BCUT2D eigenvalue weighted by molar-refractivity contribution is -0.383. The highest BCUT2D eigenvalue weighted by atomic mass is 35.5. The predicted molar refractivity (Wildman–Crippen MR) is 70.2 cm³/mol. The predicted octanol–water partition coefficient (Wildman–Crippen LogP) is 3.23. The van der Waals surface area contributed by atoms with E-state index in [1.165, 1.54) is 6.07 Å². The van der Waals surface area contributed by atoms with Crippen LogP contribution in [0.3, 0.4) is 0 Å². The van der Waals surface area contributed by atoms with Crippen LogP contribution in [0.1, 0.15) is 19.3 Å².